The second kappa shape index (κ2) is 11.7. The Hall–Kier alpha value is -1.46. The number of hydrogen-bond acceptors (Lipinski definition) is 5. The van der Waals surface area contributed by atoms with Crippen LogP contribution in [0.15, 0.2) is 36.4 Å². The summed E-state index contributed by atoms with van der Waals surface area (Å²) in [7, 11) is 0. The van der Waals surface area contributed by atoms with E-state index in [1.165, 1.54) is 10.7 Å². The molecule has 0 spiro atoms. The van der Waals surface area contributed by atoms with E-state index in [4.69, 9.17) is 0 Å². The van der Waals surface area contributed by atoms with Gasteiger partial charge < -0.3 is 10.2 Å². The molecule has 6 nitrogen and oxygen atoms in total. The number of rotatable bonds is 4. The summed E-state index contributed by atoms with van der Waals surface area (Å²) in [6.07, 6.45) is -2.13. The second-order valence-electron chi connectivity index (χ2n) is 9.00. The van der Waals surface area contributed by atoms with E-state index >= 15 is 0 Å². The lowest BCUT2D eigenvalue weighted by Crippen LogP contribution is -2.42. The van der Waals surface area contributed by atoms with Crippen molar-refractivity contribution >= 4 is 42.5 Å². The van der Waals surface area contributed by atoms with Crippen LogP contribution >= 0.6 is 36.6 Å². The molecule has 12 heteroatoms. The maximum absolute atomic E-state index is 13.4. The van der Waals surface area contributed by atoms with E-state index in [0.29, 0.717) is 17.4 Å². The molecule has 0 saturated carbocycles. The van der Waals surface area contributed by atoms with Crippen molar-refractivity contribution < 1.29 is 18.0 Å². The van der Waals surface area contributed by atoms with Crippen LogP contribution in [0, 0.1) is 0 Å². The number of alkyl halides is 3. The number of para-hydroxylation sites is 1. The van der Waals surface area contributed by atoms with Crippen LogP contribution in [-0.4, -0.2) is 75.4 Å². The molecule has 0 bridgehead atoms. The molecule has 35 heavy (non-hydrogen) atoms. The Morgan fingerprint density at radius 2 is 1.80 bits per heavy atom. The highest BCUT2D eigenvalue weighted by Gasteiger charge is 2.39. The first-order valence-electron chi connectivity index (χ1n) is 11.5. The van der Waals surface area contributed by atoms with Gasteiger partial charge in [-0.1, -0.05) is 18.2 Å². The van der Waals surface area contributed by atoms with Crippen LogP contribution in [0.2, 0.25) is 0 Å². The van der Waals surface area contributed by atoms with E-state index in [0.717, 1.165) is 57.1 Å². The molecule has 1 N–H and O–H groups in total. The summed E-state index contributed by atoms with van der Waals surface area (Å²) in [6, 6.07) is 10.4. The van der Waals surface area contributed by atoms with E-state index < -0.39 is 11.9 Å². The third-order valence-corrected chi connectivity index (χ3v) is 7.93. The molecule has 5 rings (SSSR count). The summed E-state index contributed by atoms with van der Waals surface area (Å²) in [4.78, 5) is 17.0. The molecule has 1 amide bonds. The molecule has 3 aliphatic rings. The molecule has 2 aromatic rings. The third-order valence-electron chi connectivity index (χ3n) is 6.96. The number of carbonyl (C=O) groups excluding carboxylic acids is 1. The number of amides is 1. The molecular formula is C23H30Cl2F3N5OS. The third kappa shape index (κ3) is 6.10. The number of likely N-dealkylation sites (tertiary alicyclic amines) is 1. The summed E-state index contributed by atoms with van der Waals surface area (Å²) in [5.41, 5.74) is 0.425. The van der Waals surface area contributed by atoms with Crippen molar-refractivity contribution in [2.75, 3.05) is 37.8 Å². The highest BCUT2D eigenvalue weighted by Crippen LogP contribution is 2.36. The van der Waals surface area contributed by atoms with Gasteiger partial charge in [-0.2, -0.15) is 18.3 Å². The number of nitrogens with zero attached hydrogens (tertiary/aromatic N) is 4. The van der Waals surface area contributed by atoms with Crippen molar-refractivity contribution in [1.82, 2.24) is 24.9 Å². The Balaban J connectivity index is 0.00000171. The fourth-order valence-corrected chi connectivity index (χ4v) is 6.11. The standard InChI is InChI=1S/C23H28F3N5OS.2ClH/c24-23(25,26)21-13-20(31(28-21)17-4-2-1-3-5-17)16-6-8-29(9-7-16)18-12-19(27-14-18)22(32)30-10-11-33-15-30;;/h1-5,13,16,18-19,27H,6-12,14-15H2;2*1H/t18-,19-;;/m0../s1. The predicted molar refractivity (Wildman–Crippen MR) is 136 cm³/mol. The maximum atomic E-state index is 13.4. The normalized spacial score (nSPS) is 23.7. The lowest BCUT2D eigenvalue weighted by Gasteiger charge is -2.36. The van der Waals surface area contributed by atoms with Crippen LogP contribution in [0.3, 0.4) is 0 Å². The molecule has 0 aliphatic carbocycles. The fourth-order valence-electron chi connectivity index (χ4n) is 5.15. The van der Waals surface area contributed by atoms with E-state index in [1.807, 2.05) is 23.1 Å². The first kappa shape index (κ1) is 28.1. The molecular weight excluding hydrogens is 522 g/mol. The molecule has 3 saturated heterocycles. The molecule has 194 valence electrons. The van der Waals surface area contributed by atoms with Gasteiger partial charge in [0.15, 0.2) is 5.69 Å². The molecule has 3 aliphatic heterocycles. The minimum atomic E-state index is -4.47. The Morgan fingerprint density at radius 3 is 2.43 bits per heavy atom. The van der Waals surface area contributed by atoms with Crippen molar-refractivity contribution in [3.8, 4) is 5.69 Å². The quantitative estimate of drug-likeness (QED) is 0.617. The first-order valence-corrected chi connectivity index (χ1v) is 12.6. The lowest BCUT2D eigenvalue weighted by atomic mass is 9.91. The summed E-state index contributed by atoms with van der Waals surface area (Å²) in [5.74, 6) is 2.00. The Kier molecular flexibility index (Phi) is 9.42. The zero-order valence-corrected chi connectivity index (χ0v) is 21.6. The lowest BCUT2D eigenvalue weighted by molar-refractivity contribution is -0.141. The molecule has 1 aromatic carbocycles. The van der Waals surface area contributed by atoms with Gasteiger partial charge in [0.2, 0.25) is 5.91 Å². The molecule has 4 heterocycles. The summed E-state index contributed by atoms with van der Waals surface area (Å²) >= 11 is 1.79. The van der Waals surface area contributed by atoms with Crippen LogP contribution in [0.1, 0.15) is 36.6 Å². The number of halogens is 5. The van der Waals surface area contributed by atoms with Crippen molar-refractivity contribution in [3.63, 3.8) is 0 Å². The highest BCUT2D eigenvalue weighted by molar-refractivity contribution is 7.99. The number of thioether (sulfide) groups is 1. The van der Waals surface area contributed by atoms with Gasteiger partial charge in [0.1, 0.15) is 0 Å². The largest absolute Gasteiger partial charge is 0.435 e. The minimum Gasteiger partial charge on any atom is -0.331 e. The van der Waals surface area contributed by atoms with Crippen molar-refractivity contribution in [3.05, 3.63) is 47.8 Å². The summed E-state index contributed by atoms with van der Waals surface area (Å²) < 4.78 is 41.7. The van der Waals surface area contributed by atoms with Crippen molar-refractivity contribution in [2.24, 2.45) is 0 Å². The molecule has 0 unspecified atom stereocenters. The number of piperidine rings is 1. The van der Waals surface area contributed by atoms with Crippen molar-refractivity contribution in [1.29, 1.82) is 0 Å². The van der Waals surface area contributed by atoms with Crippen LogP contribution < -0.4 is 5.32 Å². The highest BCUT2D eigenvalue weighted by atomic mass is 35.5. The van der Waals surface area contributed by atoms with Crippen LogP contribution in [0.4, 0.5) is 13.2 Å². The smallest absolute Gasteiger partial charge is 0.331 e. The topological polar surface area (TPSA) is 53.4 Å². The number of nitrogens with one attached hydrogen (secondary N) is 1. The van der Waals surface area contributed by atoms with E-state index in [1.54, 1.807) is 23.9 Å². The zero-order chi connectivity index (χ0) is 23.0. The SMILES string of the molecule is Cl.Cl.O=C([C@@H]1C[C@H](N2CCC(c3cc(C(F)(F)F)nn3-c3ccccc3)CC2)CN1)N1CCSC1. The van der Waals surface area contributed by atoms with E-state index in [2.05, 4.69) is 15.3 Å². The summed E-state index contributed by atoms with van der Waals surface area (Å²) in [5, 5.41) is 7.31. The Labute approximate surface area is 219 Å². The zero-order valence-electron chi connectivity index (χ0n) is 19.1. The number of carbonyl (C=O) groups is 1. The van der Waals surface area contributed by atoms with Gasteiger partial charge in [-0.15, -0.1) is 36.6 Å². The minimum absolute atomic E-state index is 0. The number of benzene rings is 1. The van der Waals surface area contributed by atoms with Crippen molar-refractivity contribution in [2.45, 2.75) is 43.4 Å². The van der Waals surface area contributed by atoms with E-state index in [-0.39, 0.29) is 42.7 Å². The van der Waals surface area contributed by atoms with Gasteiger partial charge >= 0.3 is 6.18 Å². The van der Waals surface area contributed by atoms with Crippen LogP contribution in [0.25, 0.3) is 5.69 Å². The van der Waals surface area contributed by atoms with Gasteiger partial charge in [-0.05, 0) is 50.6 Å². The summed E-state index contributed by atoms with van der Waals surface area (Å²) in [6.45, 7) is 3.21. The molecule has 2 atom stereocenters. The maximum Gasteiger partial charge on any atom is 0.435 e. The monoisotopic (exact) mass is 551 g/mol. The van der Waals surface area contributed by atoms with Gasteiger partial charge in [0.25, 0.3) is 0 Å². The average molecular weight is 552 g/mol. The van der Waals surface area contributed by atoms with Gasteiger partial charge in [0, 0.05) is 36.5 Å². The van der Waals surface area contributed by atoms with Gasteiger partial charge in [0.05, 0.1) is 17.6 Å². The fraction of sp³-hybridized carbons (Fsp3) is 0.565. The number of aromatic nitrogens is 2. The molecule has 3 fully saturated rings. The average Bonchev–Trinajstić information content (AvgIpc) is 3.60. The second-order valence-corrected chi connectivity index (χ2v) is 10.1. The Bertz CT molecular complexity index is 979. The van der Waals surface area contributed by atoms with E-state index in [9.17, 15) is 18.0 Å². The van der Waals surface area contributed by atoms with Crippen LogP contribution in [0.5, 0.6) is 0 Å². The molecule has 1 aromatic heterocycles. The Morgan fingerprint density at radius 1 is 1.09 bits per heavy atom. The van der Waals surface area contributed by atoms with Gasteiger partial charge in [-0.3, -0.25) is 9.69 Å². The first-order chi connectivity index (χ1) is 15.9. The van der Waals surface area contributed by atoms with Crippen LogP contribution in [-0.2, 0) is 11.0 Å². The number of hydrogen-bond donors (Lipinski definition) is 1. The molecule has 0 radical (unpaired) electrons. The van der Waals surface area contributed by atoms with Gasteiger partial charge in [-0.25, -0.2) is 4.68 Å². The predicted octanol–water partition coefficient (Wildman–Crippen LogP) is 4.18.